The van der Waals surface area contributed by atoms with Crippen LogP contribution in [-0.2, 0) is 11.2 Å². The minimum absolute atomic E-state index is 0.0107. The van der Waals surface area contributed by atoms with Crippen molar-refractivity contribution >= 4 is 16.8 Å². The van der Waals surface area contributed by atoms with Gasteiger partial charge in [0.25, 0.3) is 0 Å². The van der Waals surface area contributed by atoms with Crippen molar-refractivity contribution in [2.75, 3.05) is 13.1 Å². The van der Waals surface area contributed by atoms with Gasteiger partial charge in [0.2, 0.25) is 5.91 Å². The minimum Gasteiger partial charge on any atom is -0.358 e. The molecule has 0 bridgehead atoms. The van der Waals surface area contributed by atoms with Gasteiger partial charge in [0, 0.05) is 42.1 Å². The van der Waals surface area contributed by atoms with Crippen molar-refractivity contribution in [1.29, 1.82) is 0 Å². The number of likely N-dealkylation sites (tertiary alicyclic amines) is 1. The second-order valence-electron chi connectivity index (χ2n) is 5.33. The first-order chi connectivity index (χ1) is 9.15. The highest BCUT2D eigenvalue weighted by Gasteiger charge is 2.26. The van der Waals surface area contributed by atoms with E-state index in [1.807, 2.05) is 11.0 Å². The molecule has 1 fully saturated rings. The Balaban J connectivity index is 1.78. The molecule has 1 aliphatic heterocycles. The zero-order valence-corrected chi connectivity index (χ0v) is 11.1. The smallest absolute Gasteiger partial charge is 0.224 e. The number of hydrogen-bond acceptors (Lipinski definition) is 2. The molecule has 2 heterocycles. The van der Waals surface area contributed by atoms with Crippen LogP contribution in [0.1, 0.15) is 17.7 Å². The van der Waals surface area contributed by atoms with Crippen molar-refractivity contribution in [3.05, 3.63) is 35.5 Å². The Morgan fingerprint density at radius 1 is 1.42 bits per heavy atom. The molecule has 2 aromatic rings. The molecule has 0 radical (unpaired) electrons. The van der Waals surface area contributed by atoms with E-state index < -0.39 is 0 Å². The number of nitrogens with one attached hydrogen (secondary N) is 1. The van der Waals surface area contributed by atoms with Gasteiger partial charge in [0.05, 0.1) is 0 Å². The molecule has 1 atom stereocenters. The van der Waals surface area contributed by atoms with Gasteiger partial charge in [-0.3, -0.25) is 4.79 Å². The third-order valence-electron chi connectivity index (χ3n) is 3.90. The lowest BCUT2D eigenvalue weighted by Crippen LogP contribution is -2.30. The van der Waals surface area contributed by atoms with E-state index in [2.05, 4.69) is 30.1 Å². The summed E-state index contributed by atoms with van der Waals surface area (Å²) in [6.45, 7) is 3.54. The van der Waals surface area contributed by atoms with Gasteiger partial charge in [-0.2, -0.15) is 0 Å². The Labute approximate surface area is 112 Å². The summed E-state index contributed by atoms with van der Waals surface area (Å²) in [5.74, 6) is 0.185. The Kier molecular flexibility index (Phi) is 3.03. The van der Waals surface area contributed by atoms with Gasteiger partial charge in [-0.05, 0) is 25.0 Å². The third-order valence-corrected chi connectivity index (χ3v) is 3.90. The maximum atomic E-state index is 11.7. The van der Waals surface area contributed by atoms with E-state index in [0.29, 0.717) is 13.0 Å². The number of benzene rings is 1. The lowest BCUT2D eigenvalue weighted by molar-refractivity contribution is -0.127. The fraction of sp³-hybridized carbons (Fsp3) is 0.400. The van der Waals surface area contributed by atoms with Crippen LogP contribution < -0.4 is 5.73 Å². The average Bonchev–Trinajstić information content (AvgIpc) is 2.86. The number of aromatic amines is 1. The highest BCUT2D eigenvalue weighted by molar-refractivity contribution is 5.84. The Bertz CT molecular complexity index is 617. The number of rotatable bonds is 3. The predicted molar refractivity (Wildman–Crippen MR) is 75.9 cm³/mol. The topological polar surface area (TPSA) is 62.1 Å². The highest BCUT2D eigenvalue weighted by Crippen LogP contribution is 2.23. The largest absolute Gasteiger partial charge is 0.358 e. The number of hydrogen-bond donors (Lipinski definition) is 2. The molecule has 1 saturated heterocycles. The molecule has 3 N–H and O–H groups in total. The molecule has 1 amide bonds. The van der Waals surface area contributed by atoms with E-state index in [1.54, 1.807) is 0 Å². The molecule has 19 heavy (non-hydrogen) atoms. The van der Waals surface area contributed by atoms with Crippen LogP contribution in [0.4, 0.5) is 0 Å². The summed E-state index contributed by atoms with van der Waals surface area (Å²) in [6, 6.07) is 8.31. The van der Waals surface area contributed by atoms with Crippen LogP contribution in [0.25, 0.3) is 10.9 Å². The van der Waals surface area contributed by atoms with Crippen molar-refractivity contribution in [3.8, 4) is 0 Å². The number of amides is 1. The molecule has 3 rings (SSSR count). The lowest BCUT2D eigenvalue weighted by atomic mass is 10.1. The van der Waals surface area contributed by atoms with Gasteiger partial charge in [-0.1, -0.05) is 18.2 Å². The van der Waals surface area contributed by atoms with E-state index in [9.17, 15) is 4.79 Å². The van der Waals surface area contributed by atoms with Crippen LogP contribution in [0.5, 0.6) is 0 Å². The maximum absolute atomic E-state index is 11.7. The second kappa shape index (κ2) is 4.70. The Hall–Kier alpha value is -1.81. The van der Waals surface area contributed by atoms with E-state index in [0.717, 1.165) is 13.0 Å². The van der Waals surface area contributed by atoms with Crippen molar-refractivity contribution in [1.82, 2.24) is 9.88 Å². The average molecular weight is 257 g/mol. The zero-order chi connectivity index (χ0) is 13.4. The standard InChI is InChI=1S/C15H19N3O/c1-10-12(13-4-2-3-5-14(13)17-10)6-7-18-9-11(16)8-15(18)19/h2-5,11,17H,6-9,16H2,1H3. The van der Waals surface area contributed by atoms with Gasteiger partial charge in [-0.25, -0.2) is 0 Å². The molecule has 0 spiro atoms. The van der Waals surface area contributed by atoms with Gasteiger partial charge >= 0.3 is 0 Å². The minimum atomic E-state index is 0.0107. The van der Waals surface area contributed by atoms with Crippen molar-refractivity contribution < 1.29 is 4.79 Å². The van der Waals surface area contributed by atoms with Crippen LogP contribution in [0.3, 0.4) is 0 Å². The molecule has 4 nitrogen and oxygen atoms in total. The molecule has 1 unspecified atom stereocenters. The number of nitrogens with two attached hydrogens (primary N) is 1. The highest BCUT2D eigenvalue weighted by atomic mass is 16.2. The van der Waals surface area contributed by atoms with Gasteiger partial charge < -0.3 is 15.6 Å². The molecule has 1 aliphatic rings. The fourth-order valence-corrected chi connectivity index (χ4v) is 2.92. The van der Waals surface area contributed by atoms with Crippen LogP contribution in [0.15, 0.2) is 24.3 Å². The summed E-state index contributed by atoms with van der Waals surface area (Å²) in [5.41, 5.74) is 9.48. The predicted octanol–water partition coefficient (Wildman–Crippen LogP) is 1.58. The van der Waals surface area contributed by atoms with E-state index in [-0.39, 0.29) is 11.9 Å². The normalized spacial score (nSPS) is 19.6. The number of nitrogens with zero attached hydrogens (tertiary/aromatic N) is 1. The van der Waals surface area contributed by atoms with E-state index in [4.69, 9.17) is 5.73 Å². The van der Waals surface area contributed by atoms with Crippen LogP contribution in [-0.4, -0.2) is 34.9 Å². The summed E-state index contributed by atoms with van der Waals surface area (Å²) in [4.78, 5) is 17.0. The number of aryl methyl sites for hydroxylation is 1. The molecule has 1 aromatic heterocycles. The molecule has 100 valence electrons. The van der Waals surface area contributed by atoms with Gasteiger partial charge in [0.1, 0.15) is 0 Å². The summed E-state index contributed by atoms with van der Waals surface area (Å²) >= 11 is 0. The molecule has 4 heteroatoms. The molecular formula is C15H19N3O. The van der Waals surface area contributed by atoms with Crippen molar-refractivity contribution in [3.63, 3.8) is 0 Å². The number of aromatic nitrogens is 1. The summed E-state index contributed by atoms with van der Waals surface area (Å²) in [6.07, 6.45) is 1.38. The summed E-state index contributed by atoms with van der Waals surface area (Å²) < 4.78 is 0. The van der Waals surface area contributed by atoms with Gasteiger partial charge in [-0.15, -0.1) is 0 Å². The second-order valence-corrected chi connectivity index (χ2v) is 5.33. The SMILES string of the molecule is Cc1[nH]c2ccccc2c1CCN1CC(N)CC1=O. The quantitative estimate of drug-likeness (QED) is 0.877. The van der Waals surface area contributed by atoms with Crippen LogP contribution >= 0.6 is 0 Å². The lowest BCUT2D eigenvalue weighted by Gasteiger charge is -2.15. The van der Waals surface area contributed by atoms with Crippen molar-refractivity contribution in [2.45, 2.75) is 25.8 Å². The number of H-pyrrole nitrogens is 1. The Morgan fingerprint density at radius 2 is 2.21 bits per heavy atom. The number of para-hydroxylation sites is 1. The molecule has 0 saturated carbocycles. The third kappa shape index (κ3) is 2.24. The molecular weight excluding hydrogens is 238 g/mol. The van der Waals surface area contributed by atoms with Crippen LogP contribution in [0, 0.1) is 6.92 Å². The summed E-state index contributed by atoms with van der Waals surface area (Å²) in [7, 11) is 0. The fourth-order valence-electron chi connectivity index (χ4n) is 2.92. The van der Waals surface area contributed by atoms with E-state index in [1.165, 1.54) is 22.2 Å². The molecule has 0 aliphatic carbocycles. The number of carbonyl (C=O) groups excluding carboxylic acids is 1. The first-order valence-corrected chi connectivity index (χ1v) is 6.74. The van der Waals surface area contributed by atoms with Gasteiger partial charge in [0.15, 0.2) is 0 Å². The maximum Gasteiger partial charge on any atom is 0.224 e. The monoisotopic (exact) mass is 257 g/mol. The zero-order valence-electron chi connectivity index (χ0n) is 11.1. The van der Waals surface area contributed by atoms with Crippen molar-refractivity contribution in [2.24, 2.45) is 5.73 Å². The van der Waals surface area contributed by atoms with E-state index >= 15 is 0 Å². The summed E-state index contributed by atoms with van der Waals surface area (Å²) in [5, 5.41) is 1.26. The number of carbonyl (C=O) groups is 1. The van der Waals surface area contributed by atoms with Crippen LogP contribution in [0.2, 0.25) is 0 Å². The molecule has 1 aromatic carbocycles. The first kappa shape index (κ1) is 12.2. The number of fused-ring (bicyclic) bond motifs is 1. The Morgan fingerprint density at radius 3 is 2.95 bits per heavy atom. The first-order valence-electron chi connectivity index (χ1n) is 6.74.